The molecule has 0 unspecified atom stereocenters. The second kappa shape index (κ2) is 8.22. The number of methoxy groups -OCH3 is 1. The van der Waals surface area contributed by atoms with Crippen LogP contribution in [0.4, 0.5) is 4.79 Å². The quantitative estimate of drug-likeness (QED) is 0.753. The number of hydrogen-bond acceptors (Lipinski definition) is 3. The van der Waals surface area contributed by atoms with Crippen LogP contribution in [-0.4, -0.2) is 55.4 Å². The fourth-order valence-electron chi connectivity index (χ4n) is 2.77. The van der Waals surface area contributed by atoms with Gasteiger partial charge in [-0.3, -0.25) is 4.79 Å². The average Bonchev–Trinajstić information content (AvgIpc) is 2.49. The summed E-state index contributed by atoms with van der Waals surface area (Å²) < 4.78 is 5.14. The van der Waals surface area contributed by atoms with Gasteiger partial charge in [-0.1, -0.05) is 13.8 Å². The molecule has 1 heterocycles. The molecule has 1 rings (SSSR count). The van der Waals surface area contributed by atoms with Crippen molar-refractivity contribution in [1.82, 2.24) is 10.2 Å². The smallest absolute Gasteiger partial charge is 0.317 e. The van der Waals surface area contributed by atoms with E-state index in [0.717, 1.165) is 19.4 Å². The molecule has 0 radical (unpaired) electrons. The maximum atomic E-state index is 12.2. The minimum atomic E-state index is -0.857. The Morgan fingerprint density at radius 3 is 2.29 bits per heavy atom. The van der Waals surface area contributed by atoms with Gasteiger partial charge in [0.15, 0.2) is 0 Å². The molecule has 1 aliphatic heterocycles. The van der Waals surface area contributed by atoms with Gasteiger partial charge in [-0.2, -0.15) is 0 Å². The molecule has 1 aliphatic rings. The zero-order valence-corrected chi connectivity index (χ0v) is 13.4. The number of likely N-dealkylation sites (tertiary alicyclic amines) is 1. The lowest BCUT2D eigenvalue weighted by Gasteiger charge is -2.33. The normalized spacial score (nSPS) is 16.8. The Morgan fingerprint density at radius 2 is 1.86 bits per heavy atom. The summed E-state index contributed by atoms with van der Waals surface area (Å²) >= 11 is 0. The second-order valence-electron chi connectivity index (χ2n) is 5.84. The summed E-state index contributed by atoms with van der Waals surface area (Å²) in [5, 5.41) is 12.2. The van der Waals surface area contributed by atoms with Crippen LogP contribution in [0.3, 0.4) is 0 Å². The van der Waals surface area contributed by atoms with Crippen LogP contribution in [-0.2, 0) is 9.53 Å². The Morgan fingerprint density at radius 1 is 1.29 bits per heavy atom. The lowest BCUT2D eigenvalue weighted by molar-refractivity contribution is -0.149. The van der Waals surface area contributed by atoms with Gasteiger partial charge in [0.05, 0.1) is 5.41 Å². The number of nitrogens with zero attached hydrogens (tertiary/aromatic N) is 1. The van der Waals surface area contributed by atoms with Crippen molar-refractivity contribution >= 4 is 12.0 Å². The predicted molar refractivity (Wildman–Crippen MR) is 80.2 cm³/mol. The lowest BCUT2D eigenvalue weighted by Crippen LogP contribution is -2.49. The van der Waals surface area contributed by atoms with E-state index < -0.39 is 11.4 Å². The molecule has 1 fully saturated rings. The Labute approximate surface area is 126 Å². The number of nitrogens with one attached hydrogen (secondary N) is 1. The molecular weight excluding hydrogens is 272 g/mol. The highest BCUT2D eigenvalue weighted by Crippen LogP contribution is 2.26. The molecule has 1 saturated heterocycles. The van der Waals surface area contributed by atoms with Gasteiger partial charge in [-0.05, 0) is 31.6 Å². The molecule has 0 aromatic rings. The standard InChI is InChI=1S/C15H28N2O4/c1-4-15(5-2,13(18)19)11-16-14(20)17-8-6-12(7-9-17)10-21-3/h12H,4-11H2,1-3H3,(H,16,20)(H,18,19). The molecule has 0 aromatic carbocycles. The zero-order chi connectivity index (χ0) is 15.9. The molecule has 0 aromatic heterocycles. The summed E-state index contributed by atoms with van der Waals surface area (Å²) in [6.45, 7) is 6.03. The van der Waals surface area contributed by atoms with E-state index in [-0.39, 0.29) is 12.6 Å². The van der Waals surface area contributed by atoms with Crippen LogP contribution in [0.1, 0.15) is 39.5 Å². The summed E-state index contributed by atoms with van der Waals surface area (Å²) in [5.74, 6) is -0.324. The van der Waals surface area contributed by atoms with Gasteiger partial charge >= 0.3 is 12.0 Å². The number of carboxylic acid groups (broad SMARTS) is 1. The Kier molecular flexibility index (Phi) is 6.95. The SMILES string of the molecule is CCC(CC)(CNC(=O)N1CCC(COC)CC1)C(=O)O. The molecular formula is C15H28N2O4. The van der Waals surface area contributed by atoms with Crippen molar-refractivity contribution in [2.45, 2.75) is 39.5 Å². The Hall–Kier alpha value is -1.30. The van der Waals surface area contributed by atoms with Crippen molar-refractivity contribution in [3.05, 3.63) is 0 Å². The van der Waals surface area contributed by atoms with Crippen LogP contribution in [0.5, 0.6) is 0 Å². The maximum Gasteiger partial charge on any atom is 0.317 e. The first-order chi connectivity index (χ1) is 9.99. The van der Waals surface area contributed by atoms with Gasteiger partial charge in [0.2, 0.25) is 0 Å². The fourth-order valence-corrected chi connectivity index (χ4v) is 2.77. The summed E-state index contributed by atoms with van der Waals surface area (Å²) in [6, 6.07) is -0.154. The molecule has 0 aliphatic carbocycles. The van der Waals surface area contributed by atoms with Crippen molar-refractivity contribution < 1.29 is 19.4 Å². The number of piperidine rings is 1. The van der Waals surface area contributed by atoms with Gasteiger partial charge in [-0.15, -0.1) is 0 Å². The molecule has 0 saturated carbocycles. The van der Waals surface area contributed by atoms with E-state index in [1.807, 2.05) is 13.8 Å². The highest BCUT2D eigenvalue weighted by Gasteiger charge is 2.35. The van der Waals surface area contributed by atoms with Gasteiger partial charge in [0.25, 0.3) is 0 Å². The molecule has 2 amide bonds. The number of rotatable bonds is 7. The topological polar surface area (TPSA) is 78.9 Å². The number of urea groups is 1. The fraction of sp³-hybridized carbons (Fsp3) is 0.867. The third kappa shape index (κ3) is 4.59. The maximum absolute atomic E-state index is 12.2. The molecule has 6 heteroatoms. The van der Waals surface area contributed by atoms with Gasteiger partial charge < -0.3 is 20.1 Å². The van der Waals surface area contributed by atoms with Gasteiger partial charge in [0, 0.05) is 33.4 Å². The summed E-state index contributed by atoms with van der Waals surface area (Å²) in [4.78, 5) is 25.3. The van der Waals surface area contributed by atoms with Crippen LogP contribution in [0.15, 0.2) is 0 Å². The summed E-state index contributed by atoms with van der Waals surface area (Å²) in [6.07, 6.45) is 2.89. The molecule has 6 nitrogen and oxygen atoms in total. The van der Waals surface area contributed by atoms with Crippen LogP contribution in [0.2, 0.25) is 0 Å². The largest absolute Gasteiger partial charge is 0.481 e. The van der Waals surface area contributed by atoms with Crippen molar-refractivity contribution in [1.29, 1.82) is 0 Å². The number of amides is 2. The first-order valence-corrected chi connectivity index (χ1v) is 7.74. The summed E-state index contributed by atoms with van der Waals surface area (Å²) in [7, 11) is 1.69. The minimum Gasteiger partial charge on any atom is -0.481 e. The third-order valence-corrected chi connectivity index (χ3v) is 4.69. The lowest BCUT2D eigenvalue weighted by atomic mass is 9.82. The number of ether oxygens (including phenoxy) is 1. The minimum absolute atomic E-state index is 0.154. The monoisotopic (exact) mass is 300 g/mol. The number of carboxylic acids is 1. The van der Waals surface area contributed by atoms with Crippen molar-refractivity contribution in [2.75, 3.05) is 33.4 Å². The van der Waals surface area contributed by atoms with E-state index in [0.29, 0.717) is 31.8 Å². The average molecular weight is 300 g/mol. The molecule has 2 N–H and O–H groups in total. The predicted octanol–water partition coefficient (Wildman–Crippen LogP) is 1.95. The molecule has 21 heavy (non-hydrogen) atoms. The van der Waals surface area contributed by atoms with Crippen LogP contribution < -0.4 is 5.32 Å². The Bertz CT molecular complexity index is 348. The number of carbonyl (C=O) groups excluding carboxylic acids is 1. The van der Waals surface area contributed by atoms with Crippen molar-refractivity contribution in [3.8, 4) is 0 Å². The third-order valence-electron chi connectivity index (χ3n) is 4.69. The van der Waals surface area contributed by atoms with Crippen molar-refractivity contribution in [3.63, 3.8) is 0 Å². The molecule has 122 valence electrons. The number of carbonyl (C=O) groups is 2. The zero-order valence-electron chi connectivity index (χ0n) is 13.4. The van der Waals surface area contributed by atoms with E-state index >= 15 is 0 Å². The van der Waals surface area contributed by atoms with Crippen LogP contribution >= 0.6 is 0 Å². The first-order valence-electron chi connectivity index (χ1n) is 7.74. The van der Waals surface area contributed by atoms with E-state index in [9.17, 15) is 14.7 Å². The van der Waals surface area contributed by atoms with Crippen LogP contribution in [0, 0.1) is 11.3 Å². The highest BCUT2D eigenvalue weighted by atomic mass is 16.5. The van der Waals surface area contributed by atoms with Crippen LogP contribution in [0.25, 0.3) is 0 Å². The van der Waals surface area contributed by atoms with Gasteiger partial charge in [0.1, 0.15) is 0 Å². The second-order valence-corrected chi connectivity index (χ2v) is 5.84. The van der Waals surface area contributed by atoms with E-state index in [2.05, 4.69) is 5.32 Å². The number of hydrogen-bond donors (Lipinski definition) is 2. The highest BCUT2D eigenvalue weighted by molar-refractivity contribution is 5.78. The molecule has 0 atom stereocenters. The summed E-state index contributed by atoms with van der Waals surface area (Å²) in [5.41, 5.74) is -0.857. The number of aliphatic carboxylic acids is 1. The van der Waals surface area contributed by atoms with Gasteiger partial charge in [-0.25, -0.2) is 4.79 Å². The van der Waals surface area contributed by atoms with E-state index in [4.69, 9.17) is 4.74 Å². The van der Waals surface area contributed by atoms with Crippen molar-refractivity contribution in [2.24, 2.45) is 11.3 Å². The molecule has 0 spiro atoms. The van der Waals surface area contributed by atoms with E-state index in [1.54, 1.807) is 12.0 Å². The molecule has 0 bridgehead atoms. The first kappa shape index (κ1) is 17.8. The van der Waals surface area contributed by atoms with E-state index in [1.165, 1.54) is 0 Å². The Balaban J connectivity index is 2.45.